The van der Waals surface area contributed by atoms with E-state index in [2.05, 4.69) is 0 Å². The highest BCUT2D eigenvalue weighted by Crippen LogP contribution is 2.34. The van der Waals surface area contributed by atoms with Crippen LogP contribution in [0.15, 0.2) is 17.0 Å². The molecule has 0 spiro atoms. The van der Waals surface area contributed by atoms with E-state index in [1.54, 1.807) is 13.0 Å². The molecule has 0 bridgehead atoms. The van der Waals surface area contributed by atoms with Gasteiger partial charge in [-0.1, -0.05) is 13.8 Å². The number of nitrogens with zero attached hydrogens (tertiary/aromatic N) is 1. The molecule has 1 aliphatic rings. The first kappa shape index (κ1) is 18.0. The Balaban J connectivity index is 2.39. The van der Waals surface area contributed by atoms with Crippen LogP contribution in [0.1, 0.15) is 19.4 Å². The van der Waals surface area contributed by atoms with Crippen molar-refractivity contribution in [3.63, 3.8) is 0 Å². The number of ether oxygens (including phenoxy) is 3. The molecule has 2 rings (SSSR count). The molecule has 0 saturated carbocycles. The molecule has 1 atom stereocenters. The number of aryl methyl sites for hydroxylation is 1. The van der Waals surface area contributed by atoms with Gasteiger partial charge in [0.25, 0.3) is 0 Å². The zero-order valence-corrected chi connectivity index (χ0v) is 15.1. The van der Waals surface area contributed by atoms with Gasteiger partial charge >= 0.3 is 0 Å². The third-order valence-corrected chi connectivity index (χ3v) is 6.11. The predicted octanol–water partition coefficient (Wildman–Crippen LogP) is 2.06. The van der Waals surface area contributed by atoms with Crippen molar-refractivity contribution in [2.75, 3.05) is 33.9 Å². The Morgan fingerprint density at radius 2 is 1.83 bits per heavy atom. The molecule has 0 amide bonds. The molecule has 7 heteroatoms. The maximum atomic E-state index is 13.0. The average molecular weight is 343 g/mol. The summed E-state index contributed by atoms with van der Waals surface area (Å²) in [6.07, 6.45) is -0.0843. The Morgan fingerprint density at radius 1 is 1.22 bits per heavy atom. The van der Waals surface area contributed by atoms with Gasteiger partial charge in [-0.3, -0.25) is 0 Å². The summed E-state index contributed by atoms with van der Waals surface area (Å²) in [6, 6.07) is 3.22. The fourth-order valence-electron chi connectivity index (χ4n) is 2.65. The summed E-state index contributed by atoms with van der Waals surface area (Å²) in [7, 11) is -0.577. The molecular formula is C16H25NO5S. The molecule has 1 fully saturated rings. The van der Waals surface area contributed by atoms with E-state index in [4.69, 9.17) is 14.2 Å². The Kier molecular flexibility index (Phi) is 5.54. The van der Waals surface area contributed by atoms with Crippen LogP contribution in [-0.2, 0) is 14.8 Å². The number of methoxy groups -OCH3 is 2. The van der Waals surface area contributed by atoms with Crippen LogP contribution in [0.4, 0.5) is 0 Å². The zero-order valence-electron chi connectivity index (χ0n) is 14.3. The second kappa shape index (κ2) is 7.07. The number of benzene rings is 1. The quantitative estimate of drug-likeness (QED) is 0.819. The van der Waals surface area contributed by atoms with Crippen molar-refractivity contribution in [3.05, 3.63) is 17.7 Å². The molecule has 0 N–H and O–H groups in total. The van der Waals surface area contributed by atoms with Crippen molar-refractivity contribution in [1.82, 2.24) is 4.31 Å². The third-order valence-electron chi connectivity index (χ3n) is 4.10. The van der Waals surface area contributed by atoms with Crippen LogP contribution in [0, 0.1) is 12.8 Å². The third kappa shape index (κ3) is 3.62. The molecule has 0 unspecified atom stereocenters. The lowest BCUT2D eigenvalue weighted by atomic mass is 10.1. The number of sulfonamides is 1. The molecular weight excluding hydrogens is 318 g/mol. The van der Waals surface area contributed by atoms with Crippen LogP contribution < -0.4 is 9.47 Å². The second-order valence-corrected chi connectivity index (χ2v) is 7.90. The summed E-state index contributed by atoms with van der Waals surface area (Å²) in [5.74, 6) is 1.19. The normalized spacial score (nSPS) is 19.8. The predicted molar refractivity (Wildman–Crippen MR) is 87.6 cm³/mol. The summed E-state index contributed by atoms with van der Waals surface area (Å²) in [6.45, 7) is 6.96. The molecule has 0 radical (unpaired) electrons. The second-order valence-electron chi connectivity index (χ2n) is 5.99. The summed E-state index contributed by atoms with van der Waals surface area (Å²) >= 11 is 0. The van der Waals surface area contributed by atoms with Crippen LogP contribution in [0.2, 0.25) is 0 Å². The lowest BCUT2D eigenvalue weighted by molar-refractivity contribution is -0.0263. The van der Waals surface area contributed by atoms with Gasteiger partial charge in [-0.15, -0.1) is 0 Å². The standard InChI is InChI=1S/C16H25NO5S/c1-11(2)15-10-17(6-7-22-15)23(18,19)16-9-14(21-5)13(20-4)8-12(16)3/h8-9,11,15H,6-7,10H2,1-5H3/t15-/m0/s1. The fraction of sp³-hybridized carbons (Fsp3) is 0.625. The summed E-state index contributed by atoms with van der Waals surface area (Å²) < 4.78 is 43.7. The molecule has 1 heterocycles. The molecule has 1 aromatic rings. The van der Waals surface area contributed by atoms with Crippen molar-refractivity contribution in [3.8, 4) is 11.5 Å². The number of rotatable bonds is 5. The average Bonchev–Trinajstić information content (AvgIpc) is 2.54. The Hall–Kier alpha value is -1.31. The lowest BCUT2D eigenvalue weighted by Crippen LogP contribution is -2.47. The van der Waals surface area contributed by atoms with E-state index in [0.717, 1.165) is 0 Å². The molecule has 1 aromatic carbocycles. The minimum absolute atomic E-state index is 0.0843. The first-order valence-corrected chi connectivity index (χ1v) is 9.09. The summed E-state index contributed by atoms with van der Waals surface area (Å²) in [5.41, 5.74) is 0.634. The maximum Gasteiger partial charge on any atom is 0.243 e. The fourth-order valence-corrected chi connectivity index (χ4v) is 4.31. The lowest BCUT2D eigenvalue weighted by Gasteiger charge is -2.34. The Morgan fingerprint density at radius 3 is 2.39 bits per heavy atom. The van der Waals surface area contributed by atoms with Gasteiger partial charge in [-0.05, 0) is 24.5 Å². The minimum Gasteiger partial charge on any atom is -0.493 e. The van der Waals surface area contributed by atoms with E-state index in [1.807, 2.05) is 13.8 Å². The zero-order chi connectivity index (χ0) is 17.2. The van der Waals surface area contributed by atoms with Crippen LogP contribution in [-0.4, -0.2) is 52.7 Å². The molecule has 0 aliphatic carbocycles. The maximum absolute atomic E-state index is 13.0. The monoisotopic (exact) mass is 343 g/mol. The first-order valence-electron chi connectivity index (χ1n) is 7.65. The van der Waals surface area contributed by atoms with Gasteiger partial charge < -0.3 is 14.2 Å². The highest BCUT2D eigenvalue weighted by molar-refractivity contribution is 7.89. The number of hydrogen-bond acceptors (Lipinski definition) is 5. The van der Waals surface area contributed by atoms with Crippen LogP contribution in [0.3, 0.4) is 0 Å². The smallest absolute Gasteiger partial charge is 0.243 e. The van der Waals surface area contributed by atoms with Gasteiger partial charge in [0.2, 0.25) is 10.0 Å². The van der Waals surface area contributed by atoms with Gasteiger partial charge in [0.15, 0.2) is 11.5 Å². The minimum atomic E-state index is -3.60. The highest BCUT2D eigenvalue weighted by atomic mass is 32.2. The molecule has 1 aliphatic heterocycles. The first-order chi connectivity index (χ1) is 10.8. The van der Waals surface area contributed by atoms with Crippen LogP contribution in [0.5, 0.6) is 11.5 Å². The van der Waals surface area contributed by atoms with Crippen LogP contribution in [0.25, 0.3) is 0 Å². The summed E-state index contributed by atoms with van der Waals surface area (Å²) in [4.78, 5) is 0.250. The van der Waals surface area contributed by atoms with Crippen molar-refractivity contribution < 1.29 is 22.6 Å². The van der Waals surface area contributed by atoms with E-state index in [1.165, 1.54) is 24.6 Å². The number of morpholine rings is 1. The van der Waals surface area contributed by atoms with E-state index >= 15 is 0 Å². The largest absolute Gasteiger partial charge is 0.493 e. The van der Waals surface area contributed by atoms with Crippen molar-refractivity contribution in [2.24, 2.45) is 5.92 Å². The van der Waals surface area contributed by atoms with Gasteiger partial charge in [0, 0.05) is 19.2 Å². The highest BCUT2D eigenvalue weighted by Gasteiger charge is 2.33. The molecule has 6 nitrogen and oxygen atoms in total. The Bertz CT molecular complexity index is 657. The van der Waals surface area contributed by atoms with E-state index in [9.17, 15) is 8.42 Å². The SMILES string of the molecule is COc1cc(C)c(S(=O)(=O)N2CCO[C@H](C(C)C)C2)cc1OC. The van der Waals surface area contributed by atoms with Gasteiger partial charge in [0.05, 0.1) is 31.8 Å². The Labute approximate surface area is 138 Å². The molecule has 23 heavy (non-hydrogen) atoms. The van der Waals surface area contributed by atoms with Gasteiger partial charge in [-0.2, -0.15) is 4.31 Å². The molecule has 1 saturated heterocycles. The summed E-state index contributed by atoms with van der Waals surface area (Å²) in [5, 5.41) is 0. The van der Waals surface area contributed by atoms with E-state index < -0.39 is 10.0 Å². The van der Waals surface area contributed by atoms with Crippen molar-refractivity contribution in [1.29, 1.82) is 0 Å². The van der Waals surface area contributed by atoms with Gasteiger partial charge in [-0.25, -0.2) is 8.42 Å². The van der Waals surface area contributed by atoms with Crippen molar-refractivity contribution in [2.45, 2.75) is 31.8 Å². The molecule has 0 aromatic heterocycles. The number of hydrogen-bond donors (Lipinski definition) is 0. The molecule has 130 valence electrons. The van der Waals surface area contributed by atoms with E-state index in [0.29, 0.717) is 36.8 Å². The van der Waals surface area contributed by atoms with Gasteiger partial charge in [0.1, 0.15) is 0 Å². The van der Waals surface area contributed by atoms with Crippen molar-refractivity contribution >= 4 is 10.0 Å². The topological polar surface area (TPSA) is 65.1 Å². The van der Waals surface area contributed by atoms with Crippen LogP contribution >= 0.6 is 0 Å². The van der Waals surface area contributed by atoms with E-state index in [-0.39, 0.29) is 16.9 Å².